The van der Waals surface area contributed by atoms with Crippen LogP contribution in [0.4, 0.5) is 5.95 Å². The van der Waals surface area contributed by atoms with Crippen LogP contribution in [0.5, 0.6) is 0 Å². The first-order chi connectivity index (χ1) is 9.51. The zero-order valence-electron chi connectivity index (χ0n) is 12.2. The molecule has 0 radical (unpaired) electrons. The highest BCUT2D eigenvalue weighted by Crippen LogP contribution is 2.27. The Morgan fingerprint density at radius 3 is 2.55 bits per heavy atom. The average Bonchev–Trinajstić information content (AvgIpc) is 2.77. The fraction of sp³-hybridized carbons (Fsp3) is 0.769. The van der Waals surface area contributed by atoms with Crippen LogP contribution in [-0.4, -0.2) is 44.7 Å². The zero-order valence-corrected chi connectivity index (χ0v) is 13.1. The number of piperidine rings is 1. The first-order valence-corrected chi connectivity index (χ1v) is 8.02. The number of nitrogens with zero attached hydrogens (tertiary/aromatic N) is 4. The molecular weight excluding hydrogens is 276 g/mol. The summed E-state index contributed by atoms with van der Waals surface area (Å²) in [5, 5.41) is 17.9. The Morgan fingerprint density at radius 1 is 1.35 bits per heavy atom. The molecule has 2 rings (SSSR count). The molecule has 1 aromatic rings. The molecule has 0 saturated carbocycles. The molecule has 1 fully saturated rings. The maximum atomic E-state index is 10.7. The predicted molar refractivity (Wildman–Crippen MR) is 79.2 cm³/mol. The van der Waals surface area contributed by atoms with E-state index in [9.17, 15) is 4.79 Å². The van der Waals surface area contributed by atoms with E-state index < -0.39 is 5.97 Å². The van der Waals surface area contributed by atoms with Gasteiger partial charge in [0, 0.05) is 19.6 Å². The van der Waals surface area contributed by atoms with Gasteiger partial charge >= 0.3 is 5.97 Å². The number of carbonyl (C=O) groups is 1. The van der Waals surface area contributed by atoms with Crippen molar-refractivity contribution in [2.75, 3.05) is 23.7 Å². The maximum absolute atomic E-state index is 10.7. The second-order valence-corrected chi connectivity index (χ2v) is 6.50. The monoisotopic (exact) mass is 298 g/mol. The van der Waals surface area contributed by atoms with E-state index in [0.717, 1.165) is 25.6 Å². The third-order valence-electron chi connectivity index (χ3n) is 3.49. The van der Waals surface area contributed by atoms with E-state index in [1.54, 1.807) is 0 Å². The SMILES string of the molecule is CCn1c(SCC(=O)O)nnc1N1CC(C)CC(C)C1. The molecule has 2 unspecified atom stereocenters. The van der Waals surface area contributed by atoms with Crippen LogP contribution in [0.15, 0.2) is 5.16 Å². The van der Waals surface area contributed by atoms with E-state index in [-0.39, 0.29) is 5.75 Å². The fourth-order valence-electron chi connectivity index (χ4n) is 2.85. The minimum atomic E-state index is -0.831. The Morgan fingerprint density at radius 2 is 2.00 bits per heavy atom. The number of carboxylic acid groups (broad SMARTS) is 1. The molecule has 0 amide bonds. The number of hydrogen-bond donors (Lipinski definition) is 1. The molecule has 1 aromatic heterocycles. The van der Waals surface area contributed by atoms with Gasteiger partial charge in [-0.3, -0.25) is 9.36 Å². The average molecular weight is 298 g/mol. The van der Waals surface area contributed by atoms with Gasteiger partial charge in [-0.1, -0.05) is 25.6 Å². The molecule has 1 aliphatic heterocycles. The van der Waals surface area contributed by atoms with Crippen LogP contribution in [0.25, 0.3) is 0 Å². The van der Waals surface area contributed by atoms with E-state index in [1.807, 2.05) is 11.5 Å². The van der Waals surface area contributed by atoms with Crippen molar-refractivity contribution in [3.05, 3.63) is 0 Å². The fourth-order valence-corrected chi connectivity index (χ4v) is 3.57. The van der Waals surface area contributed by atoms with E-state index in [0.29, 0.717) is 17.0 Å². The van der Waals surface area contributed by atoms with Crippen LogP contribution >= 0.6 is 11.8 Å². The zero-order chi connectivity index (χ0) is 14.7. The molecule has 20 heavy (non-hydrogen) atoms. The molecule has 1 aliphatic rings. The normalized spacial score (nSPS) is 23.1. The van der Waals surface area contributed by atoms with Crippen LogP contribution in [0.3, 0.4) is 0 Å². The van der Waals surface area contributed by atoms with E-state index in [1.165, 1.54) is 18.2 Å². The van der Waals surface area contributed by atoms with Gasteiger partial charge in [0.1, 0.15) is 0 Å². The van der Waals surface area contributed by atoms with E-state index in [4.69, 9.17) is 5.11 Å². The standard InChI is InChI=1S/C13H22N4O2S/c1-4-17-12(14-15-13(17)20-8-11(18)19)16-6-9(2)5-10(3)7-16/h9-10H,4-8H2,1-3H3,(H,18,19). The third kappa shape index (κ3) is 3.45. The van der Waals surface area contributed by atoms with Gasteiger partial charge in [0.05, 0.1) is 5.75 Å². The molecule has 2 heterocycles. The second-order valence-electron chi connectivity index (χ2n) is 5.56. The third-order valence-corrected chi connectivity index (χ3v) is 4.44. The van der Waals surface area contributed by atoms with Crippen molar-refractivity contribution in [2.45, 2.75) is 38.9 Å². The summed E-state index contributed by atoms with van der Waals surface area (Å²) in [7, 11) is 0. The molecule has 7 heteroatoms. The minimum Gasteiger partial charge on any atom is -0.481 e. The number of aromatic nitrogens is 3. The maximum Gasteiger partial charge on any atom is 0.313 e. The number of rotatable bonds is 5. The minimum absolute atomic E-state index is 0.0188. The first kappa shape index (κ1) is 15.2. The van der Waals surface area contributed by atoms with Crippen molar-refractivity contribution >= 4 is 23.7 Å². The van der Waals surface area contributed by atoms with Crippen molar-refractivity contribution < 1.29 is 9.90 Å². The summed E-state index contributed by atoms with van der Waals surface area (Å²) < 4.78 is 2.01. The molecule has 0 bridgehead atoms. The highest BCUT2D eigenvalue weighted by atomic mass is 32.2. The molecule has 0 aliphatic carbocycles. The van der Waals surface area contributed by atoms with Crippen LogP contribution in [0, 0.1) is 11.8 Å². The molecular formula is C13H22N4O2S. The molecule has 6 nitrogen and oxygen atoms in total. The summed E-state index contributed by atoms with van der Waals surface area (Å²) in [6, 6.07) is 0. The van der Waals surface area contributed by atoms with Gasteiger partial charge in [-0.15, -0.1) is 10.2 Å². The van der Waals surface area contributed by atoms with E-state index >= 15 is 0 Å². The first-order valence-electron chi connectivity index (χ1n) is 7.04. The molecule has 112 valence electrons. The lowest BCUT2D eigenvalue weighted by Gasteiger charge is -2.35. The topological polar surface area (TPSA) is 71.2 Å². The smallest absolute Gasteiger partial charge is 0.313 e. The van der Waals surface area contributed by atoms with Gasteiger partial charge in [0.25, 0.3) is 0 Å². The number of aliphatic carboxylic acids is 1. The molecule has 0 aromatic carbocycles. The highest BCUT2D eigenvalue weighted by Gasteiger charge is 2.26. The second kappa shape index (κ2) is 6.47. The van der Waals surface area contributed by atoms with Crippen LogP contribution in [-0.2, 0) is 11.3 Å². The van der Waals surface area contributed by atoms with Crippen molar-refractivity contribution in [2.24, 2.45) is 11.8 Å². The Bertz CT molecular complexity index is 467. The number of hydrogen-bond acceptors (Lipinski definition) is 5. The summed E-state index contributed by atoms with van der Waals surface area (Å²) >= 11 is 1.23. The number of carboxylic acids is 1. The molecule has 0 spiro atoms. The Labute approximate surface area is 123 Å². The van der Waals surface area contributed by atoms with Gasteiger partial charge in [-0.25, -0.2) is 0 Å². The van der Waals surface area contributed by atoms with E-state index in [2.05, 4.69) is 28.9 Å². The van der Waals surface area contributed by atoms with Crippen molar-refractivity contribution in [3.63, 3.8) is 0 Å². The van der Waals surface area contributed by atoms with Gasteiger partial charge < -0.3 is 10.0 Å². The Kier molecular flexibility index (Phi) is 4.91. The molecule has 2 atom stereocenters. The van der Waals surface area contributed by atoms with Gasteiger partial charge in [-0.05, 0) is 25.2 Å². The van der Waals surface area contributed by atoms with Crippen LogP contribution in [0.2, 0.25) is 0 Å². The number of anilines is 1. The van der Waals surface area contributed by atoms with Crippen molar-refractivity contribution in [1.29, 1.82) is 0 Å². The predicted octanol–water partition coefficient (Wildman–Crippen LogP) is 1.96. The number of thioether (sulfide) groups is 1. The van der Waals surface area contributed by atoms with Gasteiger partial charge in [-0.2, -0.15) is 0 Å². The van der Waals surface area contributed by atoms with Gasteiger partial charge in [0.15, 0.2) is 5.16 Å². The van der Waals surface area contributed by atoms with Crippen molar-refractivity contribution in [1.82, 2.24) is 14.8 Å². The van der Waals surface area contributed by atoms with Crippen LogP contribution < -0.4 is 4.90 Å². The quantitative estimate of drug-likeness (QED) is 0.838. The summed E-state index contributed by atoms with van der Waals surface area (Å²) in [5.74, 6) is 1.36. The summed E-state index contributed by atoms with van der Waals surface area (Å²) in [6.07, 6.45) is 1.25. The van der Waals surface area contributed by atoms with Crippen molar-refractivity contribution in [3.8, 4) is 0 Å². The lowest BCUT2D eigenvalue weighted by Crippen LogP contribution is -2.40. The Hall–Kier alpha value is -1.24. The lowest BCUT2D eigenvalue weighted by molar-refractivity contribution is -0.133. The summed E-state index contributed by atoms with van der Waals surface area (Å²) in [4.78, 5) is 13.0. The molecule has 1 N–H and O–H groups in total. The van der Waals surface area contributed by atoms with Crippen LogP contribution in [0.1, 0.15) is 27.2 Å². The van der Waals surface area contributed by atoms with Gasteiger partial charge in [0.2, 0.25) is 5.95 Å². The summed E-state index contributed by atoms with van der Waals surface area (Å²) in [6.45, 7) is 9.29. The Balaban J connectivity index is 2.17. The lowest BCUT2D eigenvalue weighted by atomic mass is 9.92. The summed E-state index contributed by atoms with van der Waals surface area (Å²) in [5.41, 5.74) is 0. The largest absolute Gasteiger partial charge is 0.481 e. The molecule has 1 saturated heterocycles. The highest BCUT2D eigenvalue weighted by molar-refractivity contribution is 7.99.